The van der Waals surface area contributed by atoms with Gasteiger partial charge in [0.25, 0.3) is 0 Å². The van der Waals surface area contributed by atoms with Gasteiger partial charge >= 0.3 is 0 Å². The second kappa shape index (κ2) is 11.2. The minimum absolute atomic E-state index is 0.165. The number of hydrogen-bond acceptors (Lipinski definition) is 4. The molecule has 1 aliphatic heterocycles. The monoisotopic (exact) mass is 437 g/mol. The molecule has 158 valence electrons. The van der Waals surface area contributed by atoms with Crippen LogP contribution in [0, 0.1) is 0 Å². The van der Waals surface area contributed by atoms with Crippen LogP contribution in [0.15, 0.2) is 42.5 Å². The largest absolute Gasteiger partial charge is 0.489 e. The van der Waals surface area contributed by atoms with Crippen molar-refractivity contribution in [2.45, 2.75) is 44.9 Å². The van der Waals surface area contributed by atoms with Gasteiger partial charge in [0.1, 0.15) is 18.5 Å². The number of ether oxygens (including phenoxy) is 2. The van der Waals surface area contributed by atoms with Crippen molar-refractivity contribution in [1.29, 1.82) is 0 Å². The number of aliphatic hydroxyl groups is 1. The van der Waals surface area contributed by atoms with Crippen molar-refractivity contribution in [3.8, 4) is 5.75 Å². The van der Waals surface area contributed by atoms with Gasteiger partial charge in [-0.05, 0) is 48.6 Å². The summed E-state index contributed by atoms with van der Waals surface area (Å²) in [6.07, 6.45) is 2.79. The normalized spacial score (nSPS) is 17.6. The summed E-state index contributed by atoms with van der Waals surface area (Å²) in [5.74, 6) is 0.524. The summed E-state index contributed by atoms with van der Waals surface area (Å²) >= 11 is 12.1. The lowest BCUT2D eigenvalue weighted by Crippen LogP contribution is -2.39. The molecule has 0 aromatic heterocycles. The first-order chi connectivity index (χ1) is 14.0. The molecule has 2 atom stereocenters. The molecule has 0 radical (unpaired) electrons. The van der Waals surface area contributed by atoms with E-state index in [2.05, 4.69) is 36.1 Å². The second-order valence-corrected chi connectivity index (χ2v) is 8.38. The minimum Gasteiger partial charge on any atom is -0.489 e. The van der Waals surface area contributed by atoms with E-state index in [1.54, 1.807) is 18.2 Å². The van der Waals surface area contributed by atoms with Gasteiger partial charge in [0.15, 0.2) is 0 Å². The highest BCUT2D eigenvalue weighted by Gasteiger charge is 2.21. The molecule has 0 amide bonds. The van der Waals surface area contributed by atoms with Gasteiger partial charge in [-0.15, -0.1) is 0 Å². The Labute approximate surface area is 183 Å². The number of hydrogen-bond donors (Lipinski definition) is 1. The second-order valence-electron chi connectivity index (χ2n) is 7.54. The van der Waals surface area contributed by atoms with Gasteiger partial charge in [-0.25, -0.2) is 0 Å². The smallest absolute Gasteiger partial charge is 0.138 e. The predicted octanol–water partition coefficient (Wildman–Crippen LogP) is 4.98. The van der Waals surface area contributed by atoms with E-state index in [-0.39, 0.29) is 12.7 Å². The zero-order valence-electron chi connectivity index (χ0n) is 16.8. The van der Waals surface area contributed by atoms with Crippen molar-refractivity contribution in [2.24, 2.45) is 0 Å². The molecule has 0 saturated carbocycles. The van der Waals surface area contributed by atoms with Crippen molar-refractivity contribution in [1.82, 2.24) is 4.90 Å². The first-order valence-corrected chi connectivity index (χ1v) is 11.0. The summed E-state index contributed by atoms with van der Waals surface area (Å²) in [5.41, 5.74) is 2.56. The van der Waals surface area contributed by atoms with Crippen LogP contribution in [0.25, 0.3) is 0 Å². The third-order valence-corrected chi connectivity index (χ3v) is 5.65. The van der Waals surface area contributed by atoms with Crippen LogP contribution in [-0.2, 0) is 17.7 Å². The molecule has 29 heavy (non-hydrogen) atoms. The summed E-state index contributed by atoms with van der Waals surface area (Å²) in [4.78, 5) is 2.24. The SMILES string of the molecule is CCc1ccc(CN(CC(O)COc2ccc(Cl)cc2Cl)CC2CCCO2)cc1. The van der Waals surface area contributed by atoms with E-state index in [1.165, 1.54) is 11.1 Å². The fourth-order valence-electron chi connectivity index (χ4n) is 3.55. The molecule has 0 bridgehead atoms. The Kier molecular flexibility index (Phi) is 8.64. The van der Waals surface area contributed by atoms with Crippen molar-refractivity contribution in [3.05, 3.63) is 63.6 Å². The van der Waals surface area contributed by atoms with Crippen LogP contribution in [0.3, 0.4) is 0 Å². The molecule has 1 aliphatic rings. The molecule has 4 nitrogen and oxygen atoms in total. The molecule has 1 N–H and O–H groups in total. The quantitative estimate of drug-likeness (QED) is 0.569. The Morgan fingerprint density at radius 3 is 2.59 bits per heavy atom. The van der Waals surface area contributed by atoms with Crippen LogP contribution in [-0.4, -0.2) is 48.5 Å². The third-order valence-electron chi connectivity index (χ3n) is 5.12. The van der Waals surface area contributed by atoms with E-state index in [0.29, 0.717) is 22.3 Å². The van der Waals surface area contributed by atoms with E-state index < -0.39 is 6.10 Å². The summed E-state index contributed by atoms with van der Waals surface area (Å²) in [6, 6.07) is 13.7. The molecule has 0 spiro atoms. The Morgan fingerprint density at radius 1 is 1.17 bits per heavy atom. The number of aryl methyl sites for hydroxylation is 1. The fraction of sp³-hybridized carbons (Fsp3) is 0.478. The predicted molar refractivity (Wildman–Crippen MR) is 118 cm³/mol. The molecule has 1 fully saturated rings. The number of aliphatic hydroxyl groups excluding tert-OH is 1. The number of rotatable bonds is 10. The molecule has 6 heteroatoms. The van der Waals surface area contributed by atoms with E-state index in [9.17, 15) is 5.11 Å². The Bertz CT molecular complexity index is 763. The maximum atomic E-state index is 10.6. The number of benzene rings is 2. The van der Waals surface area contributed by atoms with Gasteiger partial charge in [-0.1, -0.05) is 54.4 Å². The summed E-state index contributed by atoms with van der Waals surface area (Å²) in [7, 11) is 0. The lowest BCUT2D eigenvalue weighted by atomic mass is 10.1. The maximum absolute atomic E-state index is 10.6. The Morgan fingerprint density at radius 2 is 1.93 bits per heavy atom. The molecule has 3 rings (SSSR count). The standard InChI is InChI=1S/C23H29Cl2NO3/c1-2-17-5-7-18(8-6-17)13-26(15-21-4-3-11-28-21)14-20(27)16-29-23-10-9-19(24)12-22(23)25/h5-10,12,20-21,27H,2-4,11,13-16H2,1H3. The van der Waals surface area contributed by atoms with Crippen LogP contribution in [0.2, 0.25) is 10.0 Å². The Balaban J connectivity index is 1.58. The van der Waals surface area contributed by atoms with Crippen LogP contribution >= 0.6 is 23.2 Å². The zero-order valence-corrected chi connectivity index (χ0v) is 18.3. The van der Waals surface area contributed by atoms with Gasteiger partial charge in [0.05, 0.1) is 11.1 Å². The van der Waals surface area contributed by atoms with Gasteiger partial charge in [0.2, 0.25) is 0 Å². The molecule has 1 heterocycles. The van der Waals surface area contributed by atoms with Gasteiger partial charge in [-0.3, -0.25) is 4.90 Å². The zero-order chi connectivity index (χ0) is 20.6. The first-order valence-electron chi connectivity index (χ1n) is 10.2. The first kappa shape index (κ1) is 22.4. The average molecular weight is 438 g/mol. The molecule has 2 unspecified atom stereocenters. The molecule has 1 saturated heterocycles. The van der Waals surface area contributed by atoms with Crippen molar-refractivity contribution in [3.63, 3.8) is 0 Å². The molecule has 2 aromatic rings. The van der Waals surface area contributed by atoms with Crippen molar-refractivity contribution in [2.75, 3.05) is 26.3 Å². The lowest BCUT2D eigenvalue weighted by Gasteiger charge is -2.27. The van der Waals surface area contributed by atoms with E-state index in [1.807, 2.05) is 0 Å². The van der Waals surface area contributed by atoms with Crippen LogP contribution in [0.1, 0.15) is 30.9 Å². The summed E-state index contributed by atoms with van der Waals surface area (Å²) in [6.45, 7) is 5.21. The van der Waals surface area contributed by atoms with Crippen molar-refractivity contribution >= 4 is 23.2 Å². The Hall–Kier alpha value is -1.30. The lowest BCUT2D eigenvalue weighted by molar-refractivity contribution is 0.0314. The van der Waals surface area contributed by atoms with E-state index in [0.717, 1.165) is 39.0 Å². The van der Waals surface area contributed by atoms with Gasteiger partial charge in [-0.2, -0.15) is 0 Å². The number of halogens is 2. The van der Waals surface area contributed by atoms with Crippen LogP contribution in [0.5, 0.6) is 5.75 Å². The number of nitrogens with zero attached hydrogens (tertiary/aromatic N) is 1. The van der Waals surface area contributed by atoms with Gasteiger partial charge in [0, 0.05) is 31.3 Å². The highest BCUT2D eigenvalue weighted by molar-refractivity contribution is 6.35. The molecular formula is C23H29Cl2NO3. The van der Waals surface area contributed by atoms with Crippen LogP contribution < -0.4 is 4.74 Å². The molecular weight excluding hydrogens is 409 g/mol. The van der Waals surface area contributed by atoms with Gasteiger partial charge < -0.3 is 14.6 Å². The minimum atomic E-state index is -0.641. The highest BCUT2D eigenvalue weighted by Crippen LogP contribution is 2.27. The fourth-order valence-corrected chi connectivity index (χ4v) is 4.01. The van der Waals surface area contributed by atoms with Crippen LogP contribution in [0.4, 0.5) is 0 Å². The van der Waals surface area contributed by atoms with E-state index in [4.69, 9.17) is 32.7 Å². The molecule has 2 aromatic carbocycles. The highest BCUT2D eigenvalue weighted by atomic mass is 35.5. The average Bonchev–Trinajstić information content (AvgIpc) is 3.21. The molecule has 0 aliphatic carbocycles. The summed E-state index contributed by atoms with van der Waals surface area (Å²) < 4.78 is 11.5. The maximum Gasteiger partial charge on any atom is 0.138 e. The topological polar surface area (TPSA) is 41.9 Å². The van der Waals surface area contributed by atoms with E-state index >= 15 is 0 Å². The summed E-state index contributed by atoms with van der Waals surface area (Å²) in [5, 5.41) is 11.6. The van der Waals surface area contributed by atoms with Crippen molar-refractivity contribution < 1.29 is 14.6 Å². The third kappa shape index (κ3) is 7.16.